The Kier molecular flexibility index (Phi) is 12.2. The fraction of sp³-hybridized carbons (Fsp3) is 0.636. The van der Waals surface area contributed by atoms with Crippen LogP contribution in [0.25, 0.3) is 0 Å². The van der Waals surface area contributed by atoms with Crippen LogP contribution in [0.1, 0.15) is 87.1 Å². The lowest BCUT2D eigenvalue weighted by molar-refractivity contribution is -0.143. The Morgan fingerprint density at radius 1 is 0.962 bits per heavy atom. The zero-order valence-electron chi connectivity index (χ0n) is 16.5. The molecule has 4 heteroatoms. The second-order valence-corrected chi connectivity index (χ2v) is 6.92. The molecule has 0 unspecified atom stereocenters. The Morgan fingerprint density at radius 2 is 1.62 bits per heavy atom. The van der Waals surface area contributed by atoms with Crippen molar-refractivity contribution in [1.82, 2.24) is 5.32 Å². The quantitative estimate of drug-likeness (QED) is 0.366. The molecule has 0 bridgehead atoms. The molecule has 0 aliphatic rings. The first kappa shape index (κ1) is 22.2. The Morgan fingerprint density at radius 3 is 2.27 bits per heavy atom. The Balaban J connectivity index is 1.96. The van der Waals surface area contributed by atoms with Gasteiger partial charge in [0.25, 0.3) is 5.91 Å². The maximum atomic E-state index is 12.0. The highest BCUT2D eigenvalue weighted by Gasteiger charge is 2.07. The van der Waals surface area contributed by atoms with E-state index in [0.29, 0.717) is 18.7 Å². The average molecular weight is 362 g/mol. The SMILES string of the molecule is CCCCCCCCCCCOC(=O)CCNC(=O)c1cccc(C)c1. The molecular weight excluding hydrogens is 326 g/mol. The van der Waals surface area contributed by atoms with Gasteiger partial charge in [0.1, 0.15) is 0 Å². The van der Waals surface area contributed by atoms with E-state index in [0.717, 1.165) is 18.4 Å². The van der Waals surface area contributed by atoms with E-state index in [4.69, 9.17) is 4.74 Å². The third-order valence-corrected chi connectivity index (χ3v) is 4.41. The van der Waals surface area contributed by atoms with Crippen LogP contribution < -0.4 is 5.32 Å². The number of aryl methyl sites for hydroxylation is 1. The molecular formula is C22H35NO3. The van der Waals surface area contributed by atoms with Gasteiger partial charge in [-0.3, -0.25) is 9.59 Å². The number of hydrogen-bond acceptors (Lipinski definition) is 3. The van der Waals surface area contributed by atoms with E-state index in [9.17, 15) is 9.59 Å². The van der Waals surface area contributed by atoms with Crippen LogP contribution in [-0.2, 0) is 9.53 Å². The summed E-state index contributed by atoms with van der Waals surface area (Å²) in [4.78, 5) is 23.6. The lowest BCUT2D eigenvalue weighted by Gasteiger charge is -2.07. The molecule has 4 nitrogen and oxygen atoms in total. The standard InChI is InChI=1S/C22H35NO3/c1-3-4-5-6-7-8-9-10-11-17-26-21(24)15-16-23-22(25)20-14-12-13-19(2)18-20/h12-14,18H,3-11,15-17H2,1-2H3,(H,23,25). The fourth-order valence-electron chi connectivity index (χ4n) is 2.84. The molecule has 0 saturated heterocycles. The zero-order chi connectivity index (χ0) is 19.0. The second-order valence-electron chi connectivity index (χ2n) is 6.92. The molecule has 0 atom stereocenters. The van der Waals surface area contributed by atoms with Crippen LogP contribution in [0.3, 0.4) is 0 Å². The number of benzene rings is 1. The van der Waals surface area contributed by atoms with Gasteiger partial charge in [0.2, 0.25) is 0 Å². The molecule has 1 N–H and O–H groups in total. The molecule has 0 heterocycles. The minimum Gasteiger partial charge on any atom is -0.466 e. The van der Waals surface area contributed by atoms with Crippen LogP contribution in [0.15, 0.2) is 24.3 Å². The zero-order valence-corrected chi connectivity index (χ0v) is 16.5. The number of ether oxygens (including phenoxy) is 1. The van der Waals surface area contributed by atoms with Crippen molar-refractivity contribution in [2.45, 2.75) is 78.1 Å². The number of rotatable bonds is 14. The molecule has 0 saturated carbocycles. The van der Waals surface area contributed by atoms with Gasteiger partial charge in [-0.15, -0.1) is 0 Å². The van der Waals surface area contributed by atoms with E-state index in [1.54, 1.807) is 6.07 Å². The molecule has 26 heavy (non-hydrogen) atoms. The van der Waals surface area contributed by atoms with Crippen molar-refractivity contribution in [2.75, 3.05) is 13.2 Å². The number of carbonyl (C=O) groups is 2. The summed E-state index contributed by atoms with van der Waals surface area (Å²) in [5.74, 6) is -0.394. The van der Waals surface area contributed by atoms with Gasteiger partial charge in [-0.25, -0.2) is 0 Å². The Labute approximate surface area is 158 Å². The van der Waals surface area contributed by atoms with Gasteiger partial charge in [-0.05, 0) is 25.5 Å². The van der Waals surface area contributed by atoms with Crippen LogP contribution in [0, 0.1) is 6.92 Å². The predicted octanol–water partition coefficient (Wildman–Crippen LogP) is 5.19. The largest absolute Gasteiger partial charge is 0.466 e. The molecule has 1 aromatic carbocycles. The third-order valence-electron chi connectivity index (χ3n) is 4.41. The van der Waals surface area contributed by atoms with E-state index in [1.807, 2.05) is 25.1 Å². The number of hydrogen-bond donors (Lipinski definition) is 1. The number of esters is 1. The summed E-state index contributed by atoms with van der Waals surface area (Å²) in [5, 5.41) is 2.76. The van der Waals surface area contributed by atoms with Crippen LogP contribution in [0.4, 0.5) is 0 Å². The Hall–Kier alpha value is -1.84. The Bertz CT molecular complexity index is 528. The minimum absolute atomic E-state index is 0.152. The maximum Gasteiger partial charge on any atom is 0.307 e. The highest BCUT2D eigenvalue weighted by molar-refractivity contribution is 5.94. The van der Waals surface area contributed by atoms with Crippen molar-refractivity contribution in [2.24, 2.45) is 0 Å². The van der Waals surface area contributed by atoms with Crippen molar-refractivity contribution >= 4 is 11.9 Å². The van der Waals surface area contributed by atoms with Gasteiger partial charge in [0.15, 0.2) is 0 Å². The summed E-state index contributed by atoms with van der Waals surface area (Å²) >= 11 is 0. The number of carbonyl (C=O) groups excluding carboxylic acids is 2. The van der Waals surface area contributed by atoms with E-state index in [-0.39, 0.29) is 18.3 Å². The summed E-state index contributed by atoms with van der Waals surface area (Å²) in [6.45, 7) is 4.98. The first-order chi connectivity index (χ1) is 12.6. The summed E-state index contributed by atoms with van der Waals surface area (Å²) in [6.07, 6.45) is 11.4. The van der Waals surface area contributed by atoms with Crippen LogP contribution in [0.2, 0.25) is 0 Å². The van der Waals surface area contributed by atoms with Gasteiger partial charge in [-0.1, -0.05) is 76.0 Å². The smallest absolute Gasteiger partial charge is 0.307 e. The van der Waals surface area contributed by atoms with Gasteiger partial charge < -0.3 is 10.1 Å². The molecule has 0 radical (unpaired) electrons. The molecule has 0 aliphatic heterocycles. The van der Waals surface area contributed by atoms with E-state index in [2.05, 4.69) is 12.2 Å². The molecule has 0 aromatic heterocycles. The summed E-state index contributed by atoms with van der Waals surface area (Å²) in [7, 11) is 0. The van der Waals surface area contributed by atoms with Gasteiger partial charge in [0.05, 0.1) is 13.0 Å². The topological polar surface area (TPSA) is 55.4 Å². The van der Waals surface area contributed by atoms with Gasteiger partial charge in [0, 0.05) is 12.1 Å². The number of amides is 1. The molecule has 146 valence electrons. The van der Waals surface area contributed by atoms with E-state index >= 15 is 0 Å². The van der Waals surface area contributed by atoms with Crippen molar-refractivity contribution in [3.8, 4) is 0 Å². The van der Waals surface area contributed by atoms with Crippen molar-refractivity contribution in [3.05, 3.63) is 35.4 Å². The molecule has 0 spiro atoms. The summed E-state index contributed by atoms with van der Waals surface area (Å²) in [6, 6.07) is 7.40. The van der Waals surface area contributed by atoms with Crippen LogP contribution in [0.5, 0.6) is 0 Å². The average Bonchev–Trinajstić information content (AvgIpc) is 2.63. The van der Waals surface area contributed by atoms with Crippen LogP contribution in [-0.4, -0.2) is 25.0 Å². The van der Waals surface area contributed by atoms with Crippen molar-refractivity contribution in [3.63, 3.8) is 0 Å². The predicted molar refractivity (Wildman–Crippen MR) is 106 cm³/mol. The first-order valence-corrected chi connectivity index (χ1v) is 10.1. The summed E-state index contributed by atoms with van der Waals surface area (Å²) in [5.41, 5.74) is 1.66. The third kappa shape index (κ3) is 10.9. The minimum atomic E-state index is -0.242. The van der Waals surface area contributed by atoms with Gasteiger partial charge in [-0.2, -0.15) is 0 Å². The molecule has 1 rings (SSSR count). The highest BCUT2D eigenvalue weighted by Crippen LogP contribution is 2.09. The summed E-state index contributed by atoms with van der Waals surface area (Å²) < 4.78 is 5.22. The van der Waals surface area contributed by atoms with E-state index in [1.165, 1.54) is 44.9 Å². The second kappa shape index (κ2) is 14.3. The molecule has 0 aliphatic carbocycles. The lowest BCUT2D eigenvalue weighted by Crippen LogP contribution is -2.26. The van der Waals surface area contributed by atoms with Crippen molar-refractivity contribution in [1.29, 1.82) is 0 Å². The normalized spacial score (nSPS) is 10.5. The van der Waals surface area contributed by atoms with Crippen LogP contribution >= 0.6 is 0 Å². The van der Waals surface area contributed by atoms with E-state index < -0.39 is 0 Å². The molecule has 1 amide bonds. The maximum absolute atomic E-state index is 12.0. The lowest BCUT2D eigenvalue weighted by atomic mass is 10.1. The highest BCUT2D eigenvalue weighted by atomic mass is 16.5. The monoisotopic (exact) mass is 361 g/mol. The van der Waals surface area contributed by atoms with Crippen molar-refractivity contribution < 1.29 is 14.3 Å². The fourth-order valence-corrected chi connectivity index (χ4v) is 2.84. The molecule has 0 fully saturated rings. The number of nitrogens with one attached hydrogen (secondary N) is 1. The van der Waals surface area contributed by atoms with Gasteiger partial charge >= 0.3 is 5.97 Å². The first-order valence-electron chi connectivity index (χ1n) is 10.1. The molecule has 1 aromatic rings. The number of unbranched alkanes of at least 4 members (excludes halogenated alkanes) is 8.